The van der Waals surface area contributed by atoms with Gasteiger partial charge in [-0.25, -0.2) is 4.79 Å². The number of esters is 1. The minimum atomic E-state index is -0.361. The van der Waals surface area contributed by atoms with Gasteiger partial charge in [-0.3, -0.25) is 4.79 Å². The van der Waals surface area contributed by atoms with Crippen LogP contribution < -0.4 is 10.6 Å². The molecule has 1 saturated carbocycles. The number of thiophene rings is 1. The van der Waals surface area contributed by atoms with Crippen LogP contribution in [0, 0.1) is 11.3 Å². The van der Waals surface area contributed by atoms with Crippen molar-refractivity contribution in [2.45, 2.75) is 33.2 Å². The quantitative estimate of drug-likeness (QED) is 0.840. The Morgan fingerprint density at radius 2 is 2.14 bits per heavy atom. The first-order valence-electron chi connectivity index (χ1n) is 7.18. The summed E-state index contributed by atoms with van der Waals surface area (Å²) in [6.07, 6.45) is 1.69. The molecule has 0 radical (unpaired) electrons. The summed E-state index contributed by atoms with van der Waals surface area (Å²) in [5, 5.41) is 6.88. The fourth-order valence-corrected chi connectivity index (χ4v) is 4.06. The molecule has 1 aromatic rings. The Balaban J connectivity index is 1.89. The van der Waals surface area contributed by atoms with Crippen molar-refractivity contribution in [1.82, 2.24) is 5.32 Å². The van der Waals surface area contributed by atoms with Crippen molar-refractivity contribution in [3.05, 3.63) is 16.0 Å². The molecule has 1 aliphatic heterocycles. The first-order valence-corrected chi connectivity index (χ1v) is 8.00. The van der Waals surface area contributed by atoms with Gasteiger partial charge in [0.1, 0.15) is 5.00 Å². The molecule has 6 heteroatoms. The zero-order valence-electron chi connectivity index (χ0n) is 12.5. The maximum absolute atomic E-state index is 12.3. The molecule has 2 N–H and O–H groups in total. The van der Waals surface area contributed by atoms with Crippen molar-refractivity contribution in [2.75, 3.05) is 19.0 Å². The molecule has 0 bridgehead atoms. The number of methoxy groups -OCH3 is 1. The van der Waals surface area contributed by atoms with Crippen molar-refractivity contribution in [1.29, 1.82) is 0 Å². The van der Waals surface area contributed by atoms with Crippen LogP contribution in [0.1, 0.15) is 41.1 Å². The molecule has 114 valence electrons. The third-order valence-corrected chi connectivity index (χ3v) is 5.53. The Bertz CT molecular complexity index is 606. The molecule has 0 saturated heterocycles. The molecule has 2 heterocycles. The highest BCUT2D eigenvalue weighted by Crippen LogP contribution is 2.52. The van der Waals surface area contributed by atoms with E-state index in [1.165, 1.54) is 18.4 Å². The van der Waals surface area contributed by atoms with E-state index >= 15 is 0 Å². The smallest absolute Gasteiger partial charge is 0.341 e. The number of hydrogen-bond donors (Lipinski definition) is 2. The summed E-state index contributed by atoms with van der Waals surface area (Å²) >= 11 is 1.48. The summed E-state index contributed by atoms with van der Waals surface area (Å²) in [5.74, 6) is -0.309. The van der Waals surface area contributed by atoms with Gasteiger partial charge in [-0.15, -0.1) is 11.3 Å². The Morgan fingerprint density at radius 3 is 2.76 bits per heavy atom. The van der Waals surface area contributed by atoms with E-state index in [0.717, 1.165) is 36.4 Å². The first kappa shape index (κ1) is 14.5. The summed E-state index contributed by atoms with van der Waals surface area (Å²) in [4.78, 5) is 25.5. The van der Waals surface area contributed by atoms with Gasteiger partial charge in [0.2, 0.25) is 5.91 Å². The molecule has 1 unspecified atom stereocenters. The Labute approximate surface area is 128 Å². The number of ether oxygens (including phenoxy) is 1. The third kappa shape index (κ3) is 2.58. The molecule has 1 fully saturated rings. The molecule has 1 amide bonds. The van der Waals surface area contributed by atoms with Crippen LogP contribution >= 0.6 is 11.3 Å². The highest BCUT2D eigenvalue weighted by atomic mass is 32.1. The van der Waals surface area contributed by atoms with Gasteiger partial charge >= 0.3 is 5.97 Å². The minimum Gasteiger partial charge on any atom is -0.465 e. The molecule has 5 nitrogen and oxygen atoms in total. The summed E-state index contributed by atoms with van der Waals surface area (Å²) in [7, 11) is 1.38. The third-order valence-electron chi connectivity index (χ3n) is 4.38. The van der Waals surface area contributed by atoms with Gasteiger partial charge in [-0.05, 0) is 30.4 Å². The first-order chi connectivity index (χ1) is 9.94. The highest BCUT2D eigenvalue weighted by Gasteiger charge is 2.50. The van der Waals surface area contributed by atoms with E-state index in [-0.39, 0.29) is 23.2 Å². The number of amides is 1. The summed E-state index contributed by atoms with van der Waals surface area (Å²) in [6, 6.07) is 0. The van der Waals surface area contributed by atoms with Crippen LogP contribution in [0.25, 0.3) is 0 Å². The van der Waals surface area contributed by atoms with Gasteiger partial charge in [-0.2, -0.15) is 0 Å². The lowest BCUT2D eigenvalue weighted by Gasteiger charge is -2.13. The standard InChI is InChI=1S/C15H20N2O3S/c1-15(2)6-9(15)12(18)17-13-11(14(19)20-3)8-4-5-16-7-10(8)21-13/h9,16H,4-7H2,1-3H3,(H,17,18). The lowest BCUT2D eigenvalue weighted by Crippen LogP contribution is -2.23. The topological polar surface area (TPSA) is 67.4 Å². The van der Waals surface area contributed by atoms with Crippen molar-refractivity contribution in [2.24, 2.45) is 11.3 Å². The highest BCUT2D eigenvalue weighted by molar-refractivity contribution is 7.17. The number of carbonyl (C=O) groups is 2. The molecule has 21 heavy (non-hydrogen) atoms. The second-order valence-electron chi connectivity index (χ2n) is 6.36. The van der Waals surface area contributed by atoms with Crippen molar-refractivity contribution >= 4 is 28.2 Å². The molecular formula is C15H20N2O3S. The van der Waals surface area contributed by atoms with Crippen LogP contribution in [-0.2, 0) is 22.5 Å². The lowest BCUT2D eigenvalue weighted by molar-refractivity contribution is -0.117. The van der Waals surface area contributed by atoms with Gasteiger partial charge < -0.3 is 15.4 Å². The molecule has 0 aromatic carbocycles. The zero-order chi connectivity index (χ0) is 15.2. The fourth-order valence-electron chi connectivity index (χ4n) is 2.85. The predicted molar refractivity (Wildman–Crippen MR) is 81.6 cm³/mol. The van der Waals surface area contributed by atoms with Gasteiger partial charge in [0.05, 0.1) is 12.7 Å². The SMILES string of the molecule is COC(=O)c1c(NC(=O)C2CC2(C)C)sc2c1CCNC2. The normalized spacial score (nSPS) is 22.3. The average Bonchev–Trinajstić information content (AvgIpc) is 2.94. The van der Waals surface area contributed by atoms with Gasteiger partial charge in [0.25, 0.3) is 0 Å². The fraction of sp³-hybridized carbons (Fsp3) is 0.600. The monoisotopic (exact) mass is 308 g/mol. The molecule has 2 aliphatic rings. The molecule has 0 spiro atoms. The number of fused-ring (bicyclic) bond motifs is 1. The predicted octanol–water partition coefficient (Wildman–Crippen LogP) is 2.17. The lowest BCUT2D eigenvalue weighted by atomic mass is 10.0. The summed E-state index contributed by atoms with van der Waals surface area (Å²) in [6.45, 7) is 5.76. The van der Waals surface area contributed by atoms with Crippen LogP contribution in [-0.4, -0.2) is 25.5 Å². The molecular weight excluding hydrogens is 288 g/mol. The van der Waals surface area contributed by atoms with Gasteiger partial charge in [0, 0.05) is 17.3 Å². The Kier molecular flexibility index (Phi) is 3.53. The van der Waals surface area contributed by atoms with Crippen LogP contribution in [0.4, 0.5) is 5.00 Å². The molecule has 3 rings (SSSR count). The van der Waals surface area contributed by atoms with Gasteiger partial charge in [0.15, 0.2) is 0 Å². The van der Waals surface area contributed by atoms with Gasteiger partial charge in [-0.1, -0.05) is 13.8 Å². The number of anilines is 1. The van der Waals surface area contributed by atoms with E-state index in [9.17, 15) is 9.59 Å². The second-order valence-corrected chi connectivity index (χ2v) is 7.47. The van der Waals surface area contributed by atoms with Crippen molar-refractivity contribution in [3.8, 4) is 0 Å². The van der Waals surface area contributed by atoms with Crippen molar-refractivity contribution < 1.29 is 14.3 Å². The second kappa shape index (κ2) is 5.10. The van der Waals surface area contributed by atoms with E-state index in [0.29, 0.717) is 10.6 Å². The number of hydrogen-bond acceptors (Lipinski definition) is 5. The van der Waals surface area contributed by atoms with E-state index in [1.54, 1.807) is 0 Å². The van der Waals surface area contributed by atoms with E-state index in [4.69, 9.17) is 4.74 Å². The Hall–Kier alpha value is -1.40. The van der Waals surface area contributed by atoms with Crippen LogP contribution in [0.15, 0.2) is 0 Å². The molecule has 1 aliphatic carbocycles. The Morgan fingerprint density at radius 1 is 1.43 bits per heavy atom. The summed E-state index contributed by atoms with van der Waals surface area (Å²) in [5.41, 5.74) is 1.65. The maximum Gasteiger partial charge on any atom is 0.341 e. The largest absolute Gasteiger partial charge is 0.465 e. The number of nitrogens with one attached hydrogen (secondary N) is 2. The van der Waals surface area contributed by atoms with Crippen LogP contribution in [0.5, 0.6) is 0 Å². The molecule has 1 atom stereocenters. The zero-order valence-corrected chi connectivity index (χ0v) is 13.4. The van der Waals surface area contributed by atoms with Crippen molar-refractivity contribution in [3.63, 3.8) is 0 Å². The minimum absolute atomic E-state index is 0.0108. The van der Waals surface area contributed by atoms with E-state index in [2.05, 4.69) is 24.5 Å². The average molecular weight is 308 g/mol. The number of rotatable bonds is 3. The van der Waals surface area contributed by atoms with E-state index < -0.39 is 0 Å². The molecule has 1 aromatic heterocycles. The van der Waals surface area contributed by atoms with Crippen LogP contribution in [0.3, 0.4) is 0 Å². The van der Waals surface area contributed by atoms with E-state index in [1.807, 2.05) is 0 Å². The van der Waals surface area contributed by atoms with Crippen LogP contribution in [0.2, 0.25) is 0 Å². The maximum atomic E-state index is 12.3. The summed E-state index contributed by atoms with van der Waals surface area (Å²) < 4.78 is 4.90. The number of carbonyl (C=O) groups excluding carboxylic acids is 2.